The highest BCUT2D eigenvalue weighted by molar-refractivity contribution is 7.99. The van der Waals surface area contributed by atoms with Gasteiger partial charge in [-0.1, -0.05) is 59.8 Å². The molecule has 0 spiro atoms. The van der Waals surface area contributed by atoms with E-state index >= 15 is 0 Å². The number of tetrazole rings is 1. The van der Waals surface area contributed by atoms with Crippen LogP contribution in [0.3, 0.4) is 0 Å². The van der Waals surface area contributed by atoms with E-state index in [4.69, 9.17) is 11.6 Å². The van der Waals surface area contributed by atoms with Gasteiger partial charge in [-0.2, -0.15) is 4.68 Å². The number of nitrogens with zero attached hydrogens (tertiary/aromatic N) is 4. The number of carbonyl (C=O) groups is 1. The van der Waals surface area contributed by atoms with Crippen LogP contribution in [0.15, 0.2) is 59.8 Å². The summed E-state index contributed by atoms with van der Waals surface area (Å²) in [5.41, 5.74) is 2.03. The van der Waals surface area contributed by atoms with Gasteiger partial charge in [0.05, 0.1) is 11.4 Å². The Balaban J connectivity index is 1.49. The SMILES string of the molecule is C[C@@H](CCc1ccccc1)NC(=O)CSc1nnnn1-c1cccc(Cl)c1. The summed E-state index contributed by atoms with van der Waals surface area (Å²) in [6.45, 7) is 2.02. The molecule has 2 aromatic carbocycles. The quantitative estimate of drug-likeness (QED) is 0.584. The third-order valence-electron chi connectivity index (χ3n) is 3.94. The van der Waals surface area contributed by atoms with Crippen molar-refractivity contribution in [1.82, 2.24) is 25.5 Å². The number of rotatable bonds is 8. The summed E-state index contributed by atoms with van der Waals surface area (Å²) in [6.07, 6.45) is 1.82. The van der Waals surface area contributed by atoms with Crippen molar-refractivity contribution in [3.05, 3.63) is 65.2 Å². The molecule has 0 radical (unpaired) electrons. The minimum Gasteiger partial charge on any atom is -0.353 e. The summed E-state index contributed by atoms with van der Waals surface area (Å²) in [5.74, 6) is 0.206. The smallest absolute Gasteiger partial charge is 0.230 e. The largest absolute Gasteiger partial charge is 0.353 e. The monoisotopic (exact) mass is 401 g/mol. The molecule has 1 atom stereocenters. The normalized spacial score (nSPS) is 11.9. The van der Waals surface area contributed by atoms with E-state index in [2.05, 4.69) is 33.0 Å². The van der Waals surface area contributed by atoms with Gasteiger partial charge in [0.15, 0.2) is 0 Å². The number of benzene rings is 2. The summed E-state index contributed by atoms with van der Waals surface area (Å²) in [4.78, 5) is 12.2. The van der Waals surface area contributed by atoms with Gasteiger partial charge >= 0.3 is 0 Å². The second-order valence-corrected chi connectivity index (χ2v) is 7.51. The Morgan fingerprint density at radius 3 is 2.81 bits per heavy atom. The Hall–Kier alpha value is -2.38. The number of nitrogens with one attached hydrogen (secondary N) is 1. The van der Waals surface area contributed by atoms with Gasteiger partial charge in [-0.3, -0.25) is 4.79 Å². The first-order chi connectivity index (χ1) is 13.1. The van der Waals surface area contributed by atoms with Gasteiger partial charge < -0.3 is 5.32 Å². The first-order valence-corrected chi connectivity index (χ1v) is 9.98. The molecule has 3 rings (SSSR count). The van der Waals surface area contributed by atoms with Gasteiger partial charge in [-0.25, -0.2) is 0 Å². The zero-order chi connectivity index (χ0) is 19.1. The first-order valence-electron chi connectivity index (χ1n) is 8.62. The topological polar surface area (TPSA) is 72.7 Å². The molecule has 8 heteroatoms. The van der Waals surface area contributed by atoms with Crippen LogP contribution in [-0.2, 0) is 11.2 Å². The fourth-order valence-electron chi connectivity index (χ4n) is 2.59. The standard InChI is InChI=1S/C19H20ClN5OS/c1-14(10-11-15-6-3-2-4-7-15)21-18(26)13-27-19-22-23-24-25(19)17-9-5-8-16(20)12-17/h2-9,12,14H,10-11,13H2,1H3,(H,21,26)/t14-/m0/s1. The van der Waals surface area contributed by atoms with Crippen LogP contribution in [0.5, 0.6) is 0 Å². The number of aryl methyl sites for hydroxylation is 1. The molecule has 0 saturated carbocycles. The fraction of sp³-hybridized carbons (Fsp3) is 0.263. The number of amides is 1. The van der Waals surface area contributed by atoms with E-state index in [1.54, 1.807) is 16.8 Å². The van der Waals surface area contributed by atoms with Crippen LogP contribution in [0.4, 0.5) is 0 Å². The van der Waals surface area contributed by atoms with Gasteiger partial charge in [0.1, 0.15) is 0 Å². The summed E-state index contributed by atoms with van der Waals surface area (Å²) in [7, 11) is 0. The predicted octanol–water partition coefficient (Wildman–Crippen LogP) is 3.55. The molecule has 0 fully saturated rings. The molecule has 0 aliphatic rings. The average molecular weight is 402 g/mol. The van der Waals surface area contributed by atoms with Gasteiger partial charge in [0.25, 0.3) is 0 Å². The van der Waals surface area contributed by atoms with E-state index in [-0.39, 0.29) is 17.7 Å². The van der Waals surface area contributed by atoms with E-state index in [0.717, 1.165) is 18.5 Å². The lowest BCUT2D eigenvalue weighted by atomic mass is 10.1. The van der Waals surface area contributed by atoms with Crippen LogP contribution >= 0.6 is 23.4 Å². The minimum absolute atomic E-state index is 0.0406. The van der Waals surface area contributed by atoms with Gasteiger partial charge in [-0.15, -0.1) is 5.10 Å². The highest BCUT2D eigenvalue weighted by Crippen LogP contribution is 2.20. The molecule has 0 saturated heterocycles. The molecule has 0 aliphatic carbocycles. The molecule has 1 aromatic heterocycles. The summed E-state index contributed by atoms with van der Waals surface area (Å²) >= 11 is 7.31. The van der Waals surface area contributed by atoms with E-state index in [9.17, 15) is 4.79 Å². The van der Waals surface area contributed by atoms with Crippen molar-refractivity contribution in [2.75, 3.05) is 5.75 Å². The molecular weight excluding hydrogens is 382 g/mol. The van der Waals surface area contributed by atoms with Crippen LogP contribution in [0.25, 0.3) is 5.69 Å². The molecule has 3 aromatic rings. The number of halogens is 1. The van der Waals surface area contributed by atoms with Crippen molar-refractivity contribution in [3.8, 4) is 5.69 Å². The van der Waals surface area contributed by atoms with Crippen molar-refractivity contribution in [1.29, 1.82) is 0 Å². The van der Waals surface area contributed by atoms with Crippen LogP contribution in [0, 0.1) is 0 Å². The molecule has 0 bridgehead atoms. The molecule has 1 amide bonds. The van der Waals surface area contributed by atoms with Crippen molar-refractivity contribution in [2.24, 2.45) is 0 Å². The summed E-state index contributed by atoms with van der Waals surface area (Å²) < 4.78 is 1.57. The van der Waals surface area contributed by atoms with E-state index in [0.29, 0.717) is 10.2 Å². The average Bonchev–Trinajstić information content (AvgIpc) is 3.14. The Morgan fingerprint density at radius 1 is 1.22 bits per heavy atom. The van der Waals surface area contributed by atoms with Crippen molar-refractivity contribution >= 4 is 29.3 Å². The lowest BCUT2D eigenvalue weighted by Crippen LogP contribution is -2.34. The second kappa shape index (κ2) is 9.53. The zero-order valence-electron chi connectivity index (χ0n) is 14.9. The maximum Gasteiger partial charge on any atom is 0.230 e. The van der Waals surface area contributed by atoms with Crippen LogP contribution in [-0.4, -0.2) is 37.9 Å². The Kier molecular flexibility index (Phi) is 6.84. The third-order valence-corrected chi connectivity index (χ3v) is 5.10. The zero-order valence-corrected chi connectivity index (χ0v) is 16.5. The van der Waals surface area contributed by atoms with Crippen LogP contribution in [0.1, 0.15) is 18.9 Å². The Bertz CT molecular complexity index is 887. The second-order valence-electron chi connectivity index (χ2n) is 6.13. The molecular formula is C19H20ClN5OS. The molecule has 0 unspecified atom stereocenters. The fourth-order valence-corrected chi connectivity index (χ4v) is 3.47. The van der Waals surface area contributed by atoms with Crippen molar-refractivity contribution in [3.63, 3.8) is 0 Å². The van der Waals surface area contributed by atoms with Gasteiger partial charge in [0, 0.05) is 11.1 Å². The number of aromatic nitrogens is 4. The maximum atomic E-state index is 12.2. The number of carbonyl (C=O) groups excluding carboxylic acids is 1. The molecule has 1 heterocycles. The number of hydrogen-bond donors (Lipinski definition) is 1. The number of hydrogen-bond acceptors (Lipinski definition) is 5. The third kappa shape index (κ3) is 5.80. The molecule has 1 N–H and O–H groups in total. The van der Waals surface area contributed by atoms with E-state index < -0.39 is 0 Å². The summed E-state index contributed by atoms with van der Waals surface area (Å²) in [5, 5.41) is 15.8. The number of thioether (sulfide) groups is 1. The lowest BCUT2D eigenvalue weighted by Gasteiger charge is -2.13. The van der Waals surface area contributed by atoms with Crippen molar-refractivity contribution < 1.29 is 4.79 Å². The first kappa shape index (κ1) is 19.4. The Morgan fingerprint density at radius 2 is 2.04 bits per heavy atom. The molecule has 6 nitrogen and oxygen atoms in total. The Labute approximate surface area is 167 Å². The molecule has 27 heavy (non-hydrogen) atoms. The van der Waals surface area contributed by atoms with Crippen LogP contribution in [0.2, 0.25) is 5.02 Å². The molecule has 140 valence electrons. The molecule has 0 aliphatic heterocycles. The van der Waals surface area contributed by atoms with Gasteiger partial charge in [0.2, 0.25) is 11.1 Å². The van der Waals surface area contributed by atoms with Crippen molar-refractivity contribution in [2.45, 2.75) is 31.0 Å². The predicted molar refractivity (Wildman–Crippen MR) is 107 cm³/mol. The van der Waals surface area contributed by atoms with E-state index in [1.165, 1.54) is 17.3 Å². The van der Waals surface area contributed by atoms with Crippen LogP contribution < -0.4 is 5.32 Å². The van der Waals surface area contributed by atoms with Gasteiger partial charge in [-0.05, 0) is 54.0 Å². The lowest BCUT2D eigenvalue weighted by molar-refractivity contribution is -0.119. The summed E-state index contributed by atoms with van der Waals surface area (Å²) in [6, 6.07) is 17.6. The highest BCUT2D eigenvalue weighted by Gasteiger charge is 2.13. The highest BCUT2D eigenvalue weighted by atomic mass is 35.5. The van der Waals surface area contributed by atoms with E-state index in [1.807, 2.05) is 37.3 Å². The minimum atomic E-state index is -0.0406. The maximum absolute atomic E-state index is 12.2.